The number of rotatable bonds is 6. The molecule has 2 aromatic rings. The van der Waals surface area contributed by atoms with Gasteiger partial charge in [-0.2, -0.15) is 0 Å². The van der Waals surface area contributed by atoms with E-state index in [1.165, 1.54) is 16.9 Å². The van der Waals surface area contributed by atoms with E-state index in [2.05, 4.69) is 17.1 Å². The molecule has 1 heterocycles. The van der Waals surface area contributed by atoms with Gasteiger partial charge in [0.05, 0.1) is 23.8 Å². The monoisotopic (exact) mass is 289 g/mol. The van der Waals surface area contributed by atoms with Gasteiger partial charge in [-0.3, -0.25) is 4.79 Å². The Labute approximate surface area is 123 Å². The minimum Gasteiger partial charge on any atom is -0.338 e. The molecule has 0 saturated heterocycles. The third-order valence-electron chi connectivity index (χ3n) is 3.16. The number of hydrogen-bond donors (Lipinski definition) is 1. The van der Waals surface area contributed by atoms with Crippen LogP contribution in [0.3, 0.4) is 0 Å². The molecule has 106 valence electrons. The zero-order valence-corrected chi connectivity index (χ0v) is 12.3. The van der Waals surface area contributed by atoms with Gasteiger partial charge in [0.15, 0.2) is 0 Å². The molecule has 1 aromatic carbocycles. The number of nitrogens with two attached hydrogens (primary N) is 1. The maximum absolute atomic E-state index is 12.2. The average Bonchev–Trinajstić information content (AvgIpc) is 2.98. The highest BCUT2D eigenvalue weighted by atomic mass is 32.1. The zero-order chi connectivity index (χ0) is 14.4. The molecule has 1 atom stereocenters. The van der Waals surface area contributed by atoms with Crippen molar-refractivity contribution in [3.05, 3.63) is 52.5 Å². The van der Waals surface area contributed by atoms with Gasteiger partial charge in [0.2, 0.25) is 5.91 Å². The summed E-state index contributed by atoms with van der Waals surface area (Å²) in [5.74, 6) is -0.0334. The number of carbonyl (C=O) groups excluding carboxylic acids is 1. The fraction of sp³-hybridized carbons (Fsp3) is 0.333. The molecular weight excluding hydrogens is 270 g/mol. The second-order valence-corrected chi connectivity index (χ2v) is 5.52. The van der Waals surface area contributed by atoms with Crippen molar-refractivity contribution in [3.8, 4) is 0 Å². The van der Waals surface area contributed by atoms with Crippen LogP contribution < -0.4 is 5.73 Å². The minimum absolute atomic E-state index is 0.0334. The van der Waals surface area contributed by atoms with Gasteiger partial charge in [0, 0.05) is 12.4 Å². The van der Waals surface area contributed by atoms with Crippen LogP contribution in [0, 0.1) is 0 Å². The second-order valence-electron chi connectivity index (χ2n) is 4.80. The lowest BCUT2D eigenvalue weighted by Crippen LogP contribution is -2.41. The zero-order valence-electron chi connectivity index (χ0n) is 11.5. The molecule has 0 bridgehead atoms. The SMILES string of the molecule is CN(Cc1cscn1)C(=O)[C@@H](N)CCc1ccccc1. The van der Waals surface area contributed by atoms with Crippen LogP contribution in [0.5, 0.6) is 0 Å². The van der Waals surface area contributed by atoms with Crippen molar-refractivity contribution < 1.29 is 4.79 Å². The van der Waals surface area contributed by atoms with Crippen LogP contribution in [0.1, 0.15) is 17.7 Å². The van der Waals surface area contributed by atoms with Crippen molar-refractivity contribution in [1.82, 2.24) is 9.88 Å². The van der Waals surface area contributed by atoms with E-state index in [1.54, 1.807) is 17.5 Å². The normalized spacial score (nSPS) is 12.1. The molecule has 5 heteroatoms. The van der Waals surface area contributed by atoms with Gasteiger partial charge in [-0.05, 0) is 18.4 Å². The fourth-order valence-electron chi connectivity index (χ4n) is 2.01. The lowest BCUT2D eigenvalue weighted by molar-refractivity contribution is -0.132. The number of thiazole rings is 1. The van der Waals surface area contributed by atoms with E-state index in [4.69, 9.17) is 5.73 Å². The third kappa shape index (κ3) is 4.15. The number of amides is 1. The van der Waals surface area contributed by atoms with Gasteiger partial charge in [0.25, 0.3) is 0 Å². The second kappa shape index (κ2) is 7.17. The topological polar surface area (TPSA) is 59.2 Å². The van der Waals surface area contributed by atoms with Crippen LogP contribution in [-0.2, 0) is 17.8 Å². The standard InChI is InChI=1S/C15H19N3OS/c1-18(9-13-10-20-11-17-13)15(19)14(16)8-7-12-5-3-2-4-6-12/h2-6,10-11,14H,7-9,16H2,1H3/t14-/m0/s1. The Balaban J connectivity index is 1.82. The first kappa shape index (κ1) is 14.7. The Kier molecular flexibility index (Phi) is 5.26. The molecule has 2 rings (SSSR count). The quantitative estimate of drug-likeness (QED) is 0.885. The number of aromatic nitrogens is 1. The smallest absolute Gasteiger partial charge is 0.239 e. The highest BCUT2D eigenvalue weighted by molar-refractivity contribution is 7.07. The maximum atomic E-state index is 12.2. The van der Waals surface area contributed by atoms with E-state index >= 15 is 0 Å². The summed E-state index contributed by atoms with van der Waals surface area (Å²) < 4.78 is 0. The molecule has 0 fully saturated rings. The molecule has 20 heavy (non-hydrogen) atoms. The summed E-state index contributed by atoms with van der Waals surface area (Å²) in [5, 5.41) is 1.94. The summed E-state index contributed by atoms with van der Waals surface area (Å²) in [5.41, 5.74) is 9.86. The van der Waals surface area contributed by atoms with Crippen molar-refractivity contribution in [1.29, 1.82) is 0 Å². The van der Waals surface area contributed by atoms with Crippen LogP contribution in [0.4, 0.5) is 0 Å². The fourth-order valence-corrected chi connectivity index (χ4v) is 2.56. The molecule has 0 unspecified atom stereocenters. The predicted octanol–water partition coefficient (Wildman–Crippen LogP) is 2.06. The first-order valence-corrected chi connectivity index (χ1v) is 7.52. The van der Waals surface area contributed by atoms with E-state index in [0.29, 0.717) is 13.0 Å². The summed E-state index contributed by atoms with van der Waals surface area (Å²) >= 11 is 1.53. The van der Waals surface area contributed by atoms with Crippen LogP contribution in [0.25, 0.3) is 0 Å². The van der Waals surface area contributed by atoms with E-state index < -0.39 is 6.04 Å². The highest BCUT2D eigenvalue weighted by Gasteiger charge is 2.18. The number of hydrogen-bond acceptors (Lipinski definition) is 4. The Hall–Kier alpha value is -1.72. The summed E-state index contributed by atoms with van der Waals surface area (Å²) in [6.07, 6.45) is 1.47. The third-order valence-corrected chi connectivity index (χ3v) is 3.80. The molecular formula is C15H19N3OS. The molecule has 0 saturated carbocycles. The van der Waals surface area contributed by atoms with Gasteiger partial charge < -0.3 is 10.6 Å². The van der Waals surface area contributed by atoms with Gasteiger partial charge in [-0.1, -0.05) is 30.3 Å². The number of aryl methyl sites for hydroxylation is 1. The van der Waals surface area contributed by atoms with Crippen molar-refractivity contribution >= 4 is 17.2 Å². The van der Waals surface area contributed by atoms with Crippen LogP contribution in [0.15, 0.2) is 41.2 Å². The number of likely N-dealkylation sites (N-methyl/N-ethyl adjacent to an activating group) is 1. The van der Waals surface area contributed by atoms with Crippen molar-refractivity contribution in [3.63, 3.8) is 0 Å². The van der Waals surface area contributed by atoms with Gasteiger partial charge in [0.1, 0.15) is 0 Å². The van der Waals surface area contributed by atoms with E-state index in [-0.39, 0.29) is 5.91 Å². The van der Waals surface area contributed by atoms with Gasteiger partial charge in [-0.15, -0.1) is 11.3 Å². The summed E-state index contributed by atoms with van der Waals surface area (Å²) in [6.45, 7) is 0.515. The van der Waals surface area contributed by atoms with E-state index in [9.17, 15) is 4.79 Å². The first-order valence-electron chi connectivity index (χ1n) is 6.58. The van der Waals surface area contributed by atoms with Crippen molar-refractivity contribution in [2.24, 2.45) is 5.73 Å². The Morgan fingerprint density at radius 3 is 2.80 bits per heavy atom. The summed E-state index contributed by atoms with van der Waals surface area (Å²) in [6, 6.07) is 9.62. The molecule has 0 aliphatic heterocycles. The summed E-state index contributed by atoms with van der Waals surface area (Å²) in [7, 11) is 1.77. The van der Waals surface area contributed by atoms with Crippen LogP contribution in [0.2, 0.25) is 0 Å². The first-order chi connectivity index (χ1) is 9.66. The van der Waals surface area contributed by atoms with Gasteiger partial charge >= 0.3 is 0 Å². The maximum Gasteiger partial charge on any atom is 0.239 e. The van der Waals surface area contributed by atoms with Crippen molar-refractivity contribution in [2.45, 2.75) is 25.4 Å². The highest BCUT2D eigenvalue weighted by Crippen LogP contribution is 2.08. The van der Waals surface area contributed by atoms with Crippen LogP contribution >= 0.6 is 11.3 Å². The number of benzene rings is 1. The molecule has 0 spiro atoms. The lowest BCUT2D eigenvalue weighted by Gasteiger charge is -2.20. The number of nitrogens with zero attached hydrogens (tertiary/aromatic N) is 2. The minimum atomic E-state index is -0.459. The molecule has 1 aromatic heterocycles. The summed E-state index contributed by atoms with van der Waals surface area (Å²) in [4.78, 5) is 18.0. The largest absolute Gasteiger partial charge is 0.338 e. The van der Waals surface area contributed by atoms with E-state index in [0.717, 1.165) is 12.1 Å². The average molecular weight is 289 g/mol. The Bertz CT molecular complexity index is 527. The lowest BCUT2D eigenvalue weighted by atomic mass is 10.1. The molecule has 2 N–H and O–H groups in total. The number of carbonyl (C=O) groups is 1. The van der Waals surface area contributed by atoms with Crippen molar-refractivity contribution in [2.75, 3.05) is 7.05 Å². The Morgan fingerprint density at radius 2 is 2.15 bits per heavy atom. The van der Waals surface area contributed by atoms with E-state index in [1.807, 2.05) is 23.6 Å². The molecule has 1 amide bonds. The molecule has 0 aliphatic carbocycles. The van der Waals surface area contributed by atoms with Gasteiger partial charge in [-0.25, -0.2) is 4.98 Å². The molecule has 0 aliphatic rings. The Morgan fingerprint density at radius 1 is 1.40 bits per heavy atom. The molecule has 4 nitrogen and oxygen atoms in total. The predicted molar refractivity (Wildman–Crippen MR) is 81.3 cm³/mol. The molecule has 0 radical (unpaired) electrons. The van der Waals surface area contributed by atoms with Crippen LogP contribution in [-0.4, -0.2) is 28.9 Å².